The van der Waals surface area contributed by atoms with Gasteiger partial charge in [0.1, 0.15) is 5.75 Å². The number of rotatable bonds is 5. The molecular formula is C13H16F2N2O2. The van der Waals surface area contributed by atoms with E-state index in [4.69, 9.17) is 5.73 Å². The van der Waals surface area contributed by atoms with Gasteiger partial charge in [-0.2, -0.15) is 8.78 Å². The Balaban J connectivity index is 2.09. The SMILES string of the molecule is CC(NC(=O)C1(N)CC1)c1ccccc1OC(F)F. The minimum atomic E-state index is -2.90. The first-order valence-electron chi connectivity index (χ1n) is 6.06. The lowest BCUT2D eigenvalue weighted by atomic mass is 10.1. The highest BCUT2D eigenvalue weighted by atomic mass is 19.3. The smallest absolute Gasteiger partial charge is 0.387 e. The molecule has 1 unspecified atom stereocenters. The molecule has 4 nitrogen and oxygen atoms in total. The molecule has 0 heterocycles. The second kappa shape index (κ2) is 5.13. The molecule has 1 aliphatic carbocycles. The molecule has 1 amide bonds. The number of nitrogens with one attached hydrogen (secondary N) is 1. The number of alkyl halides is 2. The van der Waals surface area contributed by atoms with Crippen molar-refractivity contribution >= 4 is 5.91 Å². The monoisotopic (exact) mass is 270 g/mol. The van der Waals surface area contributed by atoms with Gasteiger partial charge in [0, 0.05) is 5.56 Å². The van der Waals surface area contributed by atoms with Gasteiger partial charge in [-0.25, -0.2) is 0 Å². The van der Waals surface area contributed by atoms with E-state index < -0.39 is 18.2 Å². The number of hydrogen-bond acceptors (Lipinski definition) is 3. The Labute approximate surface area is 109 Å². The fourth-order valence-electron chi connectivity index (χ4n) is 1.82. The van der Waals surface area contributed by atoms with Crippen molar-refractivity contribution in [1.82, 2.24) is 5.32 Å². The van der Waals surface area contributed by atoms with E-state index >= 15 is 0 Å². The highest BCUT2D eigenvalue weighted by Gasteiger charge is 2.46. The molecule has 104 valence electrons. The Morgan fingerprint density at radius 3 is 2.63 bits per heavy atom. The zero-order chi connectivity index (χ0) is 14.0. The van der Waals surface area contributed by atoms with Gasteiger partial charge in [0.2, 0.25) is 5.91 Å². The quantitative estimate of drug-likeness (QED) is 0.859. The van der Waals surface area contributed by atoms with E-state index in [9.17, 15) is 13.6 Å². The summed E-state index contributed by atoms with van der Waals surface area (Å²) >= 11 is 0. The summed E-state index contributed by atoms with van der Waals surface area (Å²) in [5.74, 6) is -0.195. The van der Waals surface area contributed by atoms with Crippen LogP contribution in [0.25, 0.3) is 0 Å². The van der Waals surface area contributed by atoms with E-state index in [0.717, 1.165) is 0 Å². The van der Waals surface area contributed by atoms with Gasteiger partial charge in [0.15, 0.2) is 0 Å². The van der Waals surface area contributed by atoms with Crippen LogP contribution < -0.4 is 15.8 Å². The number of halogens is 2. The Hall–Kier alpha value is -1.69. The van der Waals surface area contributed by atoms with Gasteiger partial charge in [0.25, 0.3) is 0 Å². The lowest BCUT2D eigenvalue weighted by molar-refractivity contribution is -0.123. The molecule has 19 heavy (non-hydrogen) atoms. The van der Waals surface area contributed by atoms with Gasteiger partial charge in [-0.05, 0) is 25.8 Å². The molecule has 6 heteroatoms. The lowest BCUT2D eigenvalue weighted by Crippen LogP contribution is -2.43. The van der Waals surface area contributed by atoms with Gasteiger partial charge in [-0.15, -0.1) is 0 Å². The summed E-state index contributed by atoms with van der Waals surface area (Å²) in [5, 5.41) is 2.72. The summed E-state index contributed by atoms with van der Waals surface area (Å²) in [6, 6.07) is 5.94. The van der Waals surface area contributed by atoms with Crippen LogP contribution in [0.4, 0.5) is 8.78 Å². The summed E-state index contributed by atoms with van der Waals surface area (Å²) in [6.07, 6.45) is 1.31. The third-order valence-corrected chi connectivity index (χ3v) is 3.19. The van der Waals surface area contributed by atoms with E-state index in [2.05, 4.69) is 10.1 Å². The van der Waals surface area contributed by atoms with Crippen molar-refractivity contribution in [3.8, 4) is 5.75 Å². The number of amides is 1. The molecule has 2 rings (SSSR count). The fraction of sp³-hybridized carbons (Fsp3) is 0.462. The number of carbonyl (C=O) groups is 1. The van der Waals surface area contributed by atoms with Crippen molar-refractivity contribution in [3.63, 3.8) is 0 Å². The van der Waals surface area contributed by atoms with E-state index in [1.807, 2.05) is 0 Å². The third-order valence-electron chi connectivity index (χ3n) is 3.19. The van der Waals surface area contributed by atoms with Crippen LogP contribution in [0.2, 0.25) is 0 Å². The maximum Gasteiger partial charge on any atom is 0.387 e. The molecule has 1 aromatic rings. The Bertz CT molecular complexity index is 475. The van der Waals surface area contributed by atoms with Crippen LogP contribution in [-0.2, 0) is 4.79 Å². The maximum absolute atomic E-state index is 12.3. The first-order chi connectivity index (χ1) is 8.92. The van der Waals surface area contributed by atoms with Crippen molar-refractivity contribution in [3.05, 3.63) is 29.8 Å². The minimum absolute atomic E-state index is 0.0622. The zero-order valence-electron chi connectivity index (χ0n) is 10.5. The number of para-hydroxylation sites is 1. The van der Waals surface area contributed by atoms with Gasteiger partial charge in [-0.3, -0.25) is 4.79 Å². The van der Waals surface area contributed by atoms with Crippen LogP contribution in [-0.4, -0.2) is 18.1 Å². The first kappa shape index (κ1) is 13.7. The third kappa shape index (κ3) is 3.20. The molecule has 3 N–H and O–H groups in total. The summed E-state index contributed by atoms with van der Waals surface area (Å²) in [4.78, 5) is 11.8. The summed E-state index contributed by atoms with van der Waals surface area (Å²) < 4.78 is 29.0. The molecule has 0 radical (unpaired) electrons. The summed E-state index contributed by atoms with van der Waals surface area (Å²) in [5.41, 5.74) is 5.49. The molecule has 0 bridgehead atoms. The van der Waals surface area contributed by atoms with Crippen molar-refractivity contribution in [2.24, 2.45) is 5.73 Å². The highest BCUT2D eigenvalue weighted by molar-refractivity contribution is 5.89. The first-order valence-corrected chi connectivity index (χ1v) is 6.06. The zero-order valence-corrected chi connectivity index (χ0v) is 10.5. The summed E-state index contributed by atoms with van der Waals surface area (Å²) in [6.45, 7) is -1.19. The largest absolute Gasteiger partial charge is 0.434 e. The minimum Gasteiger partial charge on any atom is -0.434 e. The molecule has 1 saturated carbocycles. The molecule has 1 aliphatic rings. The molecule has 0 aromatic heterocycles. The standard InChI is InChI=1S/C13H16F2N2O2/c1-8(17-11(18)13(16)6-7-13)9-4-2-3-5-10(9)19-12(14)15/h2-5,8,12H,6-7,16H2,1H3,(H,17,18). The van der Waals surface area contributed by atoms with E-state index in [1.165, 1.54) is 6.07 Å². The van der Waals surface area contributed by atoms with Gasteiger partial charge in [-0.1, -0.05) is 18.2 Å². The second-order valence-corrected chi connectivity index (χ2v) is 4.77. The lowest BCUT2D eigenvalue weighted by Gasteiger charge is -2.19. The van der Waals surface area contributed by atoms with Crippen molar-refractivity contribution in [2.45, 2.75) is 38.0 Å². The predicted octanol–water partition coefficient (Wildman–Crippen LogP) is 1.96. The van der Waals surface area contributed by atoms with Crippen molar-refractivity contribution in [2.75, 3.05) is 0 Å². The molecule has 0 saturated heterocycles. The Morgan fingerprint density at radius 2 is 2.05 bits per heavy atom. The van der Waals surface area contributed by atoms with E-state index in [1.54, 1.807) is 25.1 Å². The molecule has 0 aliphatic heterocycles. The van der Waals surface area contributed by atoms with Crippen LogP contribution >= 0.6 is 0 Å². The second-order valence-electron chi connectivity index (χ2n) is 4.77. The fourth-order valence-corrected chi connectivity index (χ4v) is 1.82. The number of carbonyl (C=O) groups excluding carboxylic acids is 1. The highest BCUT2D eigenvalue weighted by Crippen LogP contribution is 2.33. The van der Waals surface area contributed by atoms with Gasteiger partial charge >= 0.3 is 6.61 Å². The normalized spacial score (nSPS) is 17.9. The number of benzene rings is 1. The van der Waals surface area contributed by atoms with Crippen LogP contribution in [0.3, 0.4) is 0 Å². The van der Waals surface area contributed by atoms with E-state index in [0.29, 0.717) is 18.4 Å². The van der Waals surface area contributed by atoms with Crippen LogP contribution in [0.5, 0.6) is 5.75 Å². The number of hydrogen-bond donors (Lipinski definition) is 2. The molecule has 1 fully saturated rings. The van der Waals surface area contributed by atoms with Gasteiger partial charge in [0.05, 0.1) is 11.6 Å². The number of nitrogens with two attached hydrogens (primary N) is 1. The van der Waals surface area contributed by atoms with Gasteiger partial charge < -0.3 is 15.8 Å². The topological polar surface area (TPSA) is 64.4 Å². The summed E-state index contributed by atoms with van der Waals surface area (Å²) in [7, 11) is 0. The Kier molecular flexibility index (Phi) is 3.71. The number of ether oxygens (including phenoxy) is 1. The molecule has 1 aromatic carbocycles. The van der Waals surface area contributed by atoms with Crippen LogP contribution in [0, 0.1) is 0 Å². The molecule has 1 atom stereocenters. The predicted molar refractivity (Wildman–Crippen MR) is 65.8 cm³/mol. The Morgan fingerprint density at radius 1 is 1.42 bits per heavy atom. The maximum atomic E-state index is 12.3. The van der Waals surface area contributed by atoms with E-state index in [-0.39, 0.29) is 11.7 Å². The van der Waals surface area contributed by atoms with Crippen LogP contribution in [0.15, 0.2) is 24.3 Å². The van der Waals surface area contributed by atoms with Crippen LogP contribution in [0.1, 0.15) is 31.4 Å². The molecule has 0 spiro atoms. The average molecular weight is 270 g/mol. The average Bonchev–Trinajstić information content (AvgIpc) is 3.08. The molecular weight excluding hydrogens is 254 g/mol. The van der Waals surface area contributed by atoms with Crippen molar-refractivity contribution < 1.29 is 18.3 Å². The van der Waals surface area contributed by atoms with Crippen molar-refractivity contribution in [1.29, 1.82) is 0 Å².